The van der Waals surface area contributed by atoms with Crippen LogP contribution in [0.25, 0.3) is 0 Å². The van der Waals surface area contributed by atoms with Gasteiger partial charge in [-0.2, -0.15) is 4.31 Å². The highest BCUT2D eigenvalue weighted by molar-refractivity contribution is 9.10. The van der Waals surface area contributed by atoms with E-state index in [0.29, 0.717) is 23.4 Å². The van der Waals surface area contributed by atoms with Gasteiger partial charge in [0.15, 0.2) is 0 Å². The lowest BCUT2D eigenvalue weighted by Gasteiger charge is -2.26. The minimum absolute atomic E-state index is 0.0154. The summed E-state index contributed by atoms with van der Waals surface area (Å²) in [5, 5.41) is 0. The summed E-state index contributed by atoms with van der Waals surface area (Å²) < 4.78 is 65.4. The molecule has 0 aliphatic carbocycles. The van der Waals surface area contributed by atoms with Crippen LogP contribution in [0.4, 0.5) is 5.69 Å². The molecule has 1 N–H and O–H groups in total. The first-order valence-corrected chi connectivity index (χ1v) is 12.0. The topological polar surface area (TPSA) is 102 Å². The summed E-state index contributed by atoms with van der Waals surface area (Å²) in [7, 11) is -6.16. The van der Waals surface area contributed by atoms with Gasteiger partial charge in [0.2, 0.25) is 10.0 Å². The SMILES string of the molecule is COc1ccc(S(=O)(=O)Nc2cccc(S(=O)(=O)N3CCOCC3)c2)cc1Br. The first-order chi connectivity index (χ1) is 13.2. The van der Waals surface area contributed by atoms with Crippen LogP contribution in [0.5, 0.6) is 5.75 Å². The van der Waals surface area contributed by atoms with Gasteiger partial charge in [-0.05, 0) is 52.3 Å². The molecule has 0 saturated carbocycles. The van der Waals surface area contributed by atoms with Gasteiger partial charge in [0, 0.05) is 13.1 Å². The molecular weight excluding hydrogens is 472 g/mol. The fourth-order valence-electron chi connectivity index (χ4n) is 2.68. The molecule has 1 aliphatic rings. The Labute approximate surface area is 172 Å². The number of nitrogens with zero attached hydrogens (tertiary/aromatic N) is 1. The highest BCUT2D eigenvalue weighted by Gasteiger charge is 2.27. The number of methoxy groups -OCH3 is 1. The van der Waals surface area contributed by atoms with Gasteiger partial charge < -0.3 is 9.47 Å². The lowest BCUT2D eigenvalue weighted by molar-refractivity contribution is 0.0730. The molecule has 2 aromatic carbocycles. The second-order valence-corrected chi connectivity index (χ2v) is 10.4. The fraction of sp³-hybridized carbons (Fsp3) is 0.294. The predicted octanol–water partition coefficient (Wildman–Crippen LogP) is 2.28. The number of anilines is 1. The van der Waals surface area contributed by atoms with Crippen molar-refractivity contribution in [2.75, 3.05) is 38.1 Å². The van der Waals surface area contributed by atoms with Crippen LogP contribution in [0.1, 0.15) is 0 Å². The molecular formula is C17H19BrN2O6S2. The Balaban J connectivity index is 1.87. The van der Waals surface area contributed by atoms with E-state index in [2.05, 4.69) is 20.7 Å². The number of halogens is 1. The first-order valence-electron chi connectivity index (χ1n) is 8.28. The van der Waals surface area contributed by atoms with Crippen molar-refractivity contribution in [1.82, 2.24) is 4.31 Å². The summed E-state index contributed by atoms with van der Waals surface area (Å²) in [6, 6.07) is 10.1. The quantitative estimate of drug-likeness (QED) is 0.666. The van der Waals surface area contributed by atoms with Crippen LogP contribution in [0.3, 0.4) is 0 Å². The average molecular weight is 491 g/mol. The van der Waals surface area contributed by atoms with Gasteiger partial charge in [-0.3, -0.25) is 4.72 Å². The van der Waals surface area contributed by atoms with E-state index in [0.717, 1.165) is 0 Å². The number of benzene rings is 2. The third-order valence-corrected chi connectivity index (χ3v) is 8.02. The van der Waals surface area contributed by atoms with Crippen LogP contribution >= 0.6 is 15.9 Å². The smallest absolute Gasteiger partial charge is 0.261 e. The molecule has 2 aromatic rings. The molecule has 1 saturated heterocycles. The van der Waals surface area contributed by atoms with E-state index in [-0.39, 0.29) is 28.6 Å². The standard InChI is InChI=1S/C17H19BrN2O6S2/c1-25-17-6-5-14(12-16(17)18)27(21,22)19-13-3-2-4-15(11-13)28(23,24)20-7-9-26-10-8-20/h2-6,11-12,19H,7-10H2,1H3. The van der Waals surface area contributed by atoms with Gasteiger partial charge in [0.1, 0.15) is 5.75 Å². The Morgan fingerprint density at radius 3 is 2.39 bits per heavy atom. The van der Waals surface area contributed by atoms with Gasteiger partial charge in [-0.25, -0.2) is 16.8 Å². The second kappa shape index (κ2) is 8.37. The average Bonchev–Trinajstić information content (AvgIpc) is 2.68. The molecule has 152 valence electrons. The number of nitrogens with one attached hydrogen (secondary N) is 1. The largest absolute Gasteiger partial charge is 0.496 e. The number of morpholine rings is 1. The Morgan fingerprint density at radius 2 is 1.75 bits per heavy atom. The van der Waals surface area contributed by atoms with Gasteiger partial charge in [-0.15, -0.1) is 0 Å². The summed E-state index contributed by atoms with van der Waals surface area (Å²) in [6.45, 7) is 1.19. The molecule has 1 heterocycles. The molecule has 1 aliphatic heterocycles. The van der Waals surface area contributed by atoms with Crippen LogP contribution in [0.2, 0.25) is 0 Å². The third kappa shape index (κ3) is 4.49. The van der Waals surface area contributed by atoms with Gasteiger partial charge >= 0.3 is 0 Å². The molecule has 28 heavy (non-hydrogen) atoms. The number of sulfonamides is 2. The van der Waals surface area contributed by atoms with E-state index >= 15 is 0 Å². The molecule has 11 heteroatoms. The van der Waals surface area contributed by atoms with Crippen molar-refractivity contribution in [2.45, 2.75) is 9.79 Å². The Morgan fingerprint density at radius 1 is 1.04 bits per heavy atom. The van der Waals surface area contributed by atoms with E-state index in [1.165, 1.54) is 53.9 Å². The maximum Gasteiger partial charge on any atom is 0.261 e. The number of hydrogen-bond donors (Lipinski definition) is 1. The molecule has 0 bridgehead atoms. The monoisotopic (exact) mass is 490 g/mol. The molecule has 0 aromatic heterocycles. The fourth-order valence-corrected chi connectivity index (χ4v) is 5.91. The highest BCUT2D eigenvalue weighted by atomic mass is 79.9. The number of hydrogen-bond acceptors (Lipinski definition) is 6. The number of rotatable bonds is 6. The van der Waals surface area contributed by atoms with Gasteiger partial charge in [0.05, 0.1) is 40.3 Å². The zero-order valence-electron chi connectivity index (χ0n) is 15.0. The molecule has 0 radical (unpaired) electrons. The van der Waals surface area contributed by atoms with E-state index in [1.807, 2.05) is 0 Å². The Kier molecular flexibility index (Phi) is 6.30. The van der Waals surface area contributed by atoms with Crippen molar-refractivity contribution in [3.05, 3.63) is 46.9 Å². The van der Waals surface area contributed by atoms with Gasteiger partial charge in [0.25, 0.3) is 10.0 Å². The maximum atomic E-state index is 12.8. The Hall–Kier alpha value is -1.66. The molecule has 1 fully saturated rings. The third-order valence-electron chi connectivity index (χ3n) is 4.13. The summed E-state index contributed by atoms with van der Waals surface area (Å²) >= 11 is 3.25. The van der Waals surface area contributed by atoms with Crippen molar-refractivity contribution >= 4 is 41.7 Å². The lowest BCUT2D eigenvalue weighted by Crippen LogP contribution is -2.40. The van der Waals surface area contributed by atoms with Crippen LogP contribution in [0.15, 0.2) is 56.7 Å². The van der Waals surface area contributed by atoms with Gasteiger partial charge in [-0.1, -0.05) is 6.07 Å². The predicted molar refractivity (Wildman–Crippen MR) is 108 cm³/mol. The number of ether oxygens (including phenoxy) is 2. The van der Waals surface area contributed by atoms with Crippen LogP contribution in [-0.4, -0.2) is 54.6 Å². The zero-order valence-corrected chi connectivity index (χ0v) is 18.2. The first kappa shape index (κ1) is 21.1. The summed E-state index contributed by atoms with van der Waals surface area (Å²) in [6.07, 6.45) is 0. The summed E-state index contributed by atoms with van der Waals surface area (Å²) in [5.41, 5.74) is 0.154. The minimum Gasteiger partial charge on any atom is -0.496 e. The molecule has 8 nitrogen and oxygen atoms in total. The second-order valence-electron chi connectivity index (χ2n) is 5.95. The highest BCUT2D eigenvalue weighted by Crippen LogP contribution is 2.29. The molecule has 0 unspecified atom stereocenters. The van der Waals surface area contributed by atoms with Crippen molar-refractivity contribution < 1.29 is 26.3 Å². The van der Waals surface area contributed by atoms with Crippen LogP contribution < -0.4 is 9.46 Å². The van der Waals surface area contributed by atoms with Crippen LogP contribution in [0, 0.1) is 0 Å². The molecule has 0 amide bonds. The van der Waals surface area contributed by atoms with Crippen LogP contribution in [-0.2, 0) is 24.8 Å². The lowest BCUT2D eigenvalue weighted by atomic mass is 10.3. The summed E-state index contributed by atoms with van der Waals surface area (Å²) in [5.74, 6) is 0.498. The van der Waals surface area contributed by atoms with Crippen molar-refractivity contribution in [1.29, 1.82) is 0 Å². The van der Waals surface area contributed by atoms with Crippen molar-refractivity contribution in [3.8, 4) is 5.75 Å². The van der Waals surface area contributed by atoms with E-state index in [1.54, 1.807) is 0 Å². The normalized spacial score (nSPS) is 15.9. The Bertz CT molecular complexity index is 1070. The molecule has 0 spiro atoms. The van der Waals surface area contributed by atoms with E-state index in [9.17, 15) is 16.8 Å². The zero-order chi connectivity index (χ0) is 20.4. The van der Waals surface area contributed by atoms with E-state index in [4.69, 9.17) is 9.47 Å². The van der Waals surface area contributed by atoms with Crippen molar-refractivity contribution in [2.24, 2.45) is 0 Å². The molecule has 0 atom stereocenters. The molecule has 3 rings (SSSR count). The van der Waals surface area contributed by atoms with E-state index < -0.39 is 20.0 Å². The van der Waals surface area contributed by atoms with Crippen molar-refractivity contribution in [3.63, 3.8) is 0 Å². The summed E-state index contributed by atoms with van der Waals surface area (Å²) in [4.78, 5) is 0.0344. The maximum absolute atomic E-state index is 12.8. The minimum atomic E-state index is -3.91.